The molecule has 1 aliphatic heterocycles. The molecule has 20 nitrogen and oxygen atoms in total. The molecule has 43 heavy (non-hydrogen) atoms. The Morgan fingerprint density at radius 2 is 1.95 bits per heavy atom. The van der Waals surface area contributed by atoms with Crippen LogP contribution in [0.25, 0.3) is 0 Å². The molecular formula is C21H24N8O12S2. The van der Waals surface area contributed by atoms with E-state index < -0.39 is 81.8 Å². The zero-order valence-corrected chi connectivity index (χ0v) is 23.3. The van der Waals surface area contributed by atoms with E-state index in [2.05, 4.69) is 26.1 Å². The first kappa shape index (κ1) is 31.0. The van der Waals surface area contributed by atoms with Crippen molar-refractivity contribution in [1.29, 1.82) is 0 Å². The average molecular weight is 645 g/mol. The molecule has 1 saturated carbocycles. The van der Waals surface area contributed by atoms with E-state index in [1.165, 1.54) is 5.38 Å². The number of nitrogen functional groups attached to an aromatic ring is 1. The van der Waals surface area contributed by atoms with Crippen LogP contribution in [0.15, 0.2) is 27.6 Å². The Hall–Kier alpha value is -4.96. The zero-order valence-electron chi connectivity index (χ0n) is 21.7. The number of aromatic nitrogens is 2. The highest BCUT2D eigenvalue weighted by Crippen LogP contribution is 2.36. The monoisotopic (exact) mass is 644 g/mol. The standard InChI is InChI=1S/C21H24N8O12S2/c22-19-25-10(8-42-19)14(27-41-21(18(34)35)2-1-3-21)16(32)26-15-11(29(17(15)33)43(38,39)40)6-24-20(36)23-5-9-4-12(30)13(31)7-28(9)37/h4,7-8,11,15,31,37H,1-3,5-6H2,(H2,22,25)(H,26,32)(H,34,35)(H2,23,24,36)(H,38,39,40). The average Bonchev–Trinajstić information content (AvgIpc) is 3.32. The minimum Gasteiger partial charge on any atom is -0.503 e. The number of carbonyl (C=O) groups excluding carboxylic acids is 3. The number of carbonyl (C=O) groups is 4. The molecule has 0 spiro atoms. The number of β-lactam (4-membered cyclic amide) rings is 1. The van der Waals surface area contributed by atoms with Gasteiger partial charge >= 0.3 is 22.3 Å². The number of oxime groups is 1. The number of aliphatic carboxylic acids is 1. The normalized spacial score (nSPS) is 19.5. The van der Waals surface area contributed by atoms with E-state index in [0.29, 0.717) is 17.3 Å². The number of nitrogens with zero attached hydrogens (tertiary/aromatic N) is 4. The van der Waals surface area contributed by atoms with Crippen LogP contribution in [0.3, 0.4) is 0 Å². The summed E-state index contributed by atoms with van der Waals surface area (Å²) in [7, 11) is -5.14. The molecule has 1 aliphatic carbocycles. The molecule has 22 heteroatoms. The number of urea groups is 1. The van der Waals surface area contributed by atoms with Gasteiger partial charge in [-0.15, -0.1) is 11.3 Å². The molecule has 0 radical (unpaired) electrons. The summed E-state index contributed by atoms with van der Waals surface area (Å²) < 4.78 is 33.5. The van der Waals surface area contributed by atoms with Crippen LogP contribution in [-0.4, -0.2) is 96.2 Å². The van der Waals surface area contributed by atoms with Crippen LogP contribution in [0, 0.1) is 0 Å². The molecule has 2 unspecified atom stereocenters. The van der Waals surface area contributed by atoms with Crippen LogP contribution in [0.5, 0.6) is 5.75 Å². The Morgan fingerprint density at radius 3 is 2.51 bits per heavy atom. The highest BCUT2D eigenvalue weighted by Gasteiger charge is 2.54. The second-order valence-electron chi connectivity index (χ2n) is 9.31. The third kappa shape index (κ3) is 6.44. The number of anilines is 1. The first-order valence-electron chi connectivity index (χ1n) is 12.1. The van der Waals surface area contributed by atoms with Crippen LogP contribution < -0.4 is 27.1 Å². The number of thiazole rings is 1. The van der Waals surface area contributed by atoms with Crippen LogP contribution in [-0.2, 0) is 36.1 Å². The Bertz CT molecular complexity index is 1670. The van der Waals surface area contributed by atoms with Gasteiger partial charge in [0.2, 0.25) is 11.0 Å². The lowest BCUT2D eigenvalue weighted by molar-refractivity contribution is -0.178. The highest BCUT2D eigenvalue weighted by atomic mass is 32.2. The van der Waals surface area contributed by atoms with Gasteiger partial charge in [-0.25, -0.2) is 18.9 Å². The second-order valence-corrected chi connectivity index (χ2v) is 11.5. The van der Waals surface area contributed by atoms with Gasteiger partial charge in [0, 0.05) is 30.8 Å². The van der Waals surface area contributed by atoms with E-state index in [1.807, 2.05) is 0 Å². The van der Waals surface area contributed by atoms with Crippen LogP contribution in [0.1, 0.15) is 30.7 Å². The summed E-state index contributed by atoms with van der Waals surface area (Å²) >= 11 is 0.915. The molecule has 2 aliphatic rings. The first-order chi connectivity index (χ1) is 20.1. The Balaban J connectivity index is 1.47. The summed E-state index contributed by atoms with van der Waals surface area (Å²) in [6, 6.07) is -3.31. The summed E-state index contributed by atoms with van der Waals surface area (Å²) in [6.07, 6.45) is 1.46. The molecule has 2 atom stereocenters. The Morgan fingerprint density at radius 1 is 1.26 bits per heavy atom. The number of pyridine rings is 1. The summed E-state index contributed by atoms with van der Waals surface area (Å²) in [5, 5.41) is 40.2. The number of carboxylic acid groups (broad SMARTS) is 1. The number of hydrogen-bond donors (Lipinski definition) is 8. The van der Waals surface area contributed by atoms with Gasteiger partial charge in [0.05, 0.1) is 24.5 Å². The van der Waals surface area contributed by atoms with E-state index in [4.69, 9.17) is 10.6 Å². The van der Waals surface area contributed by atoms with E-state index in [0.717, 1.165) is 17.4 Å². The minimum absolute atomic E-state index is 0.0166. The maximum Gasteiger partial charge on any atom is 0.362 e. The number of rotatable bonds is 11. The zero-order chi connectivity index (χ0) is 31.7. The molecule has 232 valence electrons. The Kier molecular flexibility index (Phi) is 8.45. The molecule has 2 aromatic rings. The molecule has 0 bridgehead atoms. The molecule has 4 rings (SSSR count). The number of nitrogens with one attached hydrogen (secondary N) is 3. The first-order valence-corrected chi connectivity index (χ1v) is 14.4. The topological polar surface area (TPSA) is 305 Å². The van der Waals surface area contributed by atoms with Gasteiger partial charge in [-0.3, -0.25) is 18.9 Å². The number of hydrogen-bond acceptors (Lipinski definition) is 14. The van der Waals surface area contributed by atoms with Crippen molar-refractivity contribution < 1.29 is 52.4 Å². The van der Waals surface area contributed by atoms with Gasteiger partial charge in [-0.2, -0.15) is 13.1 Å². The summed E-state index contributed by atoms with van der Waals surface area (Å²) in [5.74, 6) is -4.46. The molecule has 0 aromatic carbocycles. The number of carboxylic acids is 1. The number of amides is 4. The van der Waals surface area contributed by atoms with Crippen LogP contribution in [0.4, 0.5) is 9.93 Å². The SMILES string of the molecule is Nc1nc(C(=NOC2(C(=O)O)CCC2)C(=O)NC2C(=O)N(S(=O)(=O)O)C2CNC(=O)NCc2cc(=O)c(O)cn2O)cs1. The Labute approximate surface area is 244 Å². The van der Waals surface area contributed by atoms with Crippen molar-refractivity contribution in [2.75, 3.05) is 12.3 Å². The molecule has 2 aromatic heterocycles. The number of nitrogens with two attached hydrogens (primary N) is 1. The smallest absolute Gasteiger partial charge is 0.362 e. The summed E-state index contributed by atoms with van der Waals surface area (Å²) in [4.78, 5) is 70.4. The molecular weight excluding hydrogens is 620 g/mol. The van der Waals surface area contributed by atoms with Crippen molar-refractivity contribution in [2.24, 2.45) is 5.16 Å². The van der Waals surface area contributed by atoms with Crippen molar-refractivity contribution >= 4 is 56.3 Å². The van der Waals surface area contributed by atoms with Crippen LogP contribution >= 0.6 is 11.3 Å². The van der Waals surface area contributed by atoms with E-state index >= 15 is 0 Å². The maximum atomic E-state index is 13.2. The summed E-state index contributed by atoms with van der Waals surface area (Å²) in [5.41, 5.74) is 2.27. The molecule has 9 N–H and O–H groups in total. The predicted octanol–water partition coefficient (Wildman–Crippen LogP) is -2.44. The van der Waals surface area contributed by atoms with E-state index in [9.17, 15) is 52.4 Å². The lowest BCUT2D eigenvalue weighted by Crippen LogP contribution is -2.74. The third-order valence-corrected chi connectivity index (χ3v) is 8.16. The van der Waals surface area contributed by atoms with Gasteiger partial charge in [0.1, 0.15) is 11.7 Å². The minimum atomic E-state index is -5.14. The summed E-state index contributed by atoms with van der Waals surface area (Å²) in [6.45, 7) is -1.07. The quantitative estimate of drug-likeness (QED) is 0.0414. The molecule has 3 heterocycles. The van der Waals surface area contributed by atoms with Crippen molar-refractivity contribution in [2.45, 2.75) is 43.5 Å². The molecule has 4 amide bonds. The second kappa shape index (κ2) is 11.7. The van der Waals surface area contributed by atoms with Crippen LogP contribution in [0.2, 0.25) is 0 Å². The van der Waals surface area contributed by atoms with Gasteiger partial charge in [-0.05, 0) is 6.42 Å². The third-order valence-electron chi connectivity index (χ3n) is 6.54. The largest absolute Gasteiger partial charge is 0.503 e. The van der Waals surface area contributed by atoms with Crippen molar-refractivity contribution in [3.63, 3.8) is 0 Å². The highest BCUT2D eigenvalue weighted by molar-refractivity contribution is 7.84. The van der Waals surface area contributed by atoms with Gasteiger partial charge in [0.25, 0.3) is 11.8 Å². The van der Waals surface area contributed by atoms with Crippen molar-refractivity contribution in [3.8, 4) is 5.75 Å². The molecule has 1 saturated heterocycles. The van der Waals surface area contributed by atoms with E-state index in [1.54, 1.807) is 0 Å². The van der Waals surface area contributed by atoms with Gasteiger partial charge in [-0.1, -0.05) is 5.16 Å². The van der Waals surface area contributed by atoms with Crippen molar-refractivity contribution in [1.82, 2.24) is 30.0 Å². The van der Waals surface area contributed by atoms with Gasteiger partial charge in [0.15, 0.2) is 16.6 Å². The fraction of sp³-hybridized carbons (Fsp3) is 0.381. The number of aromatic hydroxyl groups is 1. The molecule has 2 fully saturated rings. The predicted molar refractivity (Wildman–Crippen MR) is 142 cm³/mol. The lowest BCUT2D eigenvalue weighted by atomic mass is 9.80. The fourth-order valence-corrected chi connectivity index (χ4v) is 5.49. The van der Waals surface area contributed by atoms with Crippen molar-refractivity contribution in [3.05, 3.63) is 39.3 Å². The fourth-order valence-electron chi connectivity index (χ4n) is 4.06. The van der Waals surface area contributed by atoms with Gasteiger partial charge < -0.3 is 41.9 Å². The lowest BCUT2D eigenvalue weighted by Gasteiger charge is -2.44. The maximum absolute atomic E-state index is 13.2. The van der Waals surface area contributed by atoms with E-state index in [-0.39, 0.29) is 33.7 Å².